The maximum absolute atomic E-state index is 5.51. The Hall–Kier alpha value is -0.350. The second-order valence-electron chi connectivity index (χ2n) is 4.04. The Labute approximate surface area is 87.5 Å². The van der Waals surface area contributed by atoms with Gasteiger partial charge in [0.05, 0.1) is 6.20 Å². The van der Waals surface area contributed by atoms with E-state index in [-0.39, 0.29) is 5.54 Å². The summed E-state index contributed by atoms with van der Waals surface area (Å²) in [6.07, 6.45) is 2.65. The minimum Gasteiger partial charge on any atom is -0.330 e. The van der Waals surface area contributed by atoms with Gasteiger partial charge in [0.2, 0.25) is 0 Å². The summed E-state index contributed by atoms with van der Waals surface area (Å²) in [5.74, 6) is 1.04. The molecule has 3 nitrogen and oxygen atoms in total. The number of aromatic nitrogens is 2. The minimum absolute atomic E-state index is 0.0554. The maximum Gasteiger partial charge on any atom is 0.111 e. The molecule has 0 unspecified atom stereocenters. The highest BCUT2D eigenvalue weighted by atomic mass is 79.9. The van der Waals surface area contributed by atoms with Gasteiger partial charge in [-0.15, -0.1) is 0 Å². The van der Waals surface area contributed by atoms with Crippen molar-refractivity contribution >= 4 is 15.9 Å². The lowest BCUT2D eigenvalue weighted by atomic mass is 10.1. The van der Waals surface area contributed by atoms with E-state index in [0.717, 1.165) is 16.8 Å². The summed E-state index contributed by atoms with van der Waals surface area (Å²) in [6, 6.07) is 0. The summed E-state index contributed by atoms with van der Waals surface area (Å²) in [5, 5.41) is 0. The highest BCUT2D eigenvalue weighted by Gasteiger charge is 2.19. The van der Waals surface area contributed by atoms with E-state index in [1.54, 1.807) is 0 Å². The molecule has 0 aliphatic heterocycles. The monoisotopic (exact) mass is 245 g/mol. The topological polar surface area (TPSA) is 43.8 Å². The summed E-state index contributed by atoms with van der Waals surface area (Å²) >= 11 is 3.48. The van der Waals surface area contributed by atoms with Crippen LogP contribution >= 0.6 is 15.9 Å². The van der Waals surface area contributed by atoms with E-state index in [2.05, 4.69) is 46.3 Å². The van der Waals surface area contributed by atoms with Gasteiger partial charge in [0, 0.05) is 12.0 Å². The lowest BCUT2D eigenvalue weighted by Crippen LogP contribution is -2.25. The van der Waals surface area contributed by atoms with Crippen LogP contribution in [0.4, 0.5) is 0 Å². The molecule has 1 heterocycles. The van der Waals surface area contributed by atoms with Gasteiger partial charge in [-0.1, -0.05) is 0 Å². The van der Waals surface area contributed by atoms with E-state index >= 15 is 0 Å². The van der Waals surface area contributed by atoms with Gasteiger partial charge in [-0.25, -0.2) is 4.98 Å². The highest BCUT2D eigenvalue weighted by Crippen LogP contribution is 2.23. The average Bonchev–Trinajstić information content (AvgIpc) is 2.31. The first-order chi connectivity index (χ1) is 5.96. The number of hydrogen-bond donors (Lipinski definition) is 1. The first kappa shape index (κ1) is 10.7. The molecule has 13 heavy (non-hydrogen) atoms. The summed E-state index contributed by atoms with van der Waals surface area (Å²) in [4.78, 5) is 4.31. The number of nitrogens with zero attached hydrogens (tertiary/aromatic N) is 2. The summed E-state index contributed by atoms with van der Waals surface area (Å²) < 4.78 is 3.18. The molecule has 0 aliphatic rings. The van der Waals surface area contributed by atoms with Gasteiger partial charge in [-0.3, -0.25) is 0 Å². The first-order valence-corrected chi connectivity index (χ1v) is 5.19. The molecule has 0 atom stereocenters. The van der Waals surface area contributed by atoms with Gasteiger partial charge in [-0.2, -0.15) is 0 Å². The second-order valence-corrected chi connectivity index (χ2v) is 4.85. The van der Waals surface area contributed by atoms with Crippen molar-refractivity contribution in [2.24, 2.45) is 5.73 Å². The molecule has 0 fully saturated rings. The van der Waals surface area contributed by atoms with Crippen LogP contribution in [0.25, 0.3) is 0 Å². The Kier molecular flexibility index (Phi) is 3.14. The molecule has 1 aromatic heterocycles. The molecule has 0 radical (unpaired) electrons. The van der Waals surface area contributed by atoms with Gasteiger partial charge >= 0.3 is 0 Å². The third-order valence-corrected chi connectivity index (χ3v) is 2.39. The van der Waals surface area contributed by atoms with Crippen LogP contribution in [0.15, 0.2) is 10.8 Å². The third kappa shape index (κ3) is 2.31. The van der Waals surface area contributed by atoms with Crippen LogP contribution < -0.4 is 5.73 Å². The van der Waals surface area contributed by atoms with Crippen LogP contribution in [0.1, 0.15) is 26.6 Å². The summed E-state index contributed by atoms with van der Waals surface area (Å²) in [5.41, 5.74) is 5.57. The Balaban J connectivity index is 3.09. The lowest BCUT2D eigenvalue weighted by molar-refractivity contribution is 0.376. The highest BCUT2D eigenvalue weighted by molar-refractivity contribution is 9.10. The molecule has 4 heteroatoms. The van der Waals surface area contributed by atoms with Gasteiger partial charge in [-0.05, 0) is 43.2 Å². The summed E-state index contributed by atoms with van der Waals surface area (Å²) in [7, 11) is 0. The van der Waals surface area contributed by atoms with Gasteiger partial charge in [0.25, 0.3) is 0 Å². The van der Waals surface area contributed by atoms with E-state index < -0.39 is 0 Å². The number of imidazole rings is 1. The van der Waals surface area contributed by atoms with Gasteiger partial charge in [0.1, 0.15) is 10.4 Å². The Bertz CT molecular complexity index is 286. The van der Waals surface area contributed by atoms with E-state index in [0.29, 0.717) is 6.54 Å². The molecule has 1 aromatic rings. The van der Waals surface area contributed by atoms with Crippen molar-refractivity contribution in [1.29, 1.82) is 0 Å². The van der Waals surface area contributed by atoms with Crippen LogP contribution in [-0.4, -0.2) is 16.1 Å². The average molecular weight is 246 g/mol. The molecule has 2 N–H and O–H groups in total. The molecule has 1 rings (SSSR count). The van der Waals surface area contributed by atoms with Crippen molar-refractivity contribution in [3.63, 3.8) is 0 Å². The Morgan fingerprint density at radius 1 is 1.54 bits per heavy atom. The van der Waals surface area contributed by atoms with Crippen LogP contribution in [0.3, 0.4) is 0 Å². The van der Waals surface area contributed by atoms with Crippen molar-refractivity contribution in [2.45, 2.75) is 32.7 Å². The van der Waals surface area contributed by atoms with E-state index in [9.17, 15) is 0 Å². The van der Waals surface area contributed by atoms with Gasteiger partial charge < -0.3 is 10.3 Å². The fraction of sp³-hybridized carbons (Fsp3) is 0.667. The third-order valence-electron chi connectivity index (χ3n) is 1.83. The SMILES string of the molecule is CC(C)(C)n1c(Br)cnc1CCN. The predicted molar refractivity (Wildman–Crippen MR) is 57.7 cm³/mol. The Morgan fingerprint density at radius 2 is 2.15 bits per heavy atom. The Morgan fingerprint density at radius 3 is 2.62 bits per heavy atom. The number of nitrogens with two attached hydrogens (primary N) is 1. The van der Waals surface area contributed by atoms with Crippen molar-refractivity contribution in [2.75, 3.05) is 6.54 Å². The standard InChI is InChI=1S/C9H16BrN3/c1-9(2,3)13-7(10)6-12-8(13)4-5-11/h6H,4-5,11H2,1-3H3. The molecule has 0 bridgehead atoms. The fourth-order valence-corrected chi connectivity index (χ4v) is 2.22. The normalized spacial score (nSPS) is 12.1. The molecular weight excluding hydrogens is 230 g/mol. The van der Waals surface area contributed by atoms with Crippen LogP contribution in [0.2, 0.25) is 0 Å². The van der Waals surface area contributed by atoms with Crippen molar-refractivity contribution in [3.05, 3.63) is 16.6 Å². The predicted octanol–water partition coefficient (Wildman–Crippen LogP) is 1.90. The lowest BCUT2D eigenvalue weighted by Gasteiger charge is -2.24. The number of hydrogen-bond acceptors (Lipinski definition) is 2. The van der Waals surface area contributed by atoms with E-state index in [1.165, 1.54) is 0 Å². The molecule has 0 aliphatic carbocycles. The molecule has 0 spiro atoms. The van der Waals surface area contributed by atoms with Crippen molar-refractivity contribution in [3.8, 4) is 0 Å². The maximum atomic E-state index is 5.51. The van der Waals surface area contributed by atoms with Crippen LogP contribution in [-0.2, 0) is 12.0 Å². The molecule has 0 aromatic carbocycles. The number of rotatable bonds is 2. The quantitative estimate of drug-likeness (QED) is 0.866. The zero-order valence-corrected chi connectivity index (χ0v) is 9.93. The smallest absolute Gasteiger partial charge is 0.111 e. The fourth-order valence-electron chi connectivity index (χ4n) is 1.38. The zero-order chi connectivity index (χ0) is 10.1. The molecule has 0 amide bonds. The molecule has 74 valence electrons. The summed E-state index contributed by atoms with van der Waals surface area (Å²) in [6.45, 7) is 7.10. The minimum atomic E-state index is 0.0554. The van der Waals surface area contributed by atoms with E-state index in [4.69, 9.17) is 5.73 Å². The van der Waals surface area contributed by atoms with Gasteiger partial charge in [0.15, 0.2) is 0 Å². The van der Waals surface area contributed by atoms with Crippen LogP contribution in [0.5, 0.6) is 0 Å². The second kappa shape index (κ2) is 3.80. The zero-order valence-electron chi connectivity index (χ0n) is 8.34. The van der Waals surface area contributed by atoms with Crippen molar-refractivity contribution < 1.29 is 0 Å². The molecule has 0 saturated heterocycles. The van der Waals surface area contributed by atoms with Crippen LogP contribution in [0, 0.1) is 0 Å². The first-order valence-electron chi connectivity index (χ1n) is 4.39. The van der Waals surface area contributed by atoms with E-state index in [1.807, 2.05) is 6.20 Å². The van der Waals surface area contributed by atoms with Crippen molar-refractivity contribution in [1.82, 2.24) is 9.55 Å². The molecule has 0 saturated carbocycles. The molecular formula is C9H16BrN3. The largest absolute Gasteiger partial charge is 0.330 e. The number of halogens is 1.